The summed E-state index contributed by atoms with van der Waals surface area (Å²) in [5.41, 5.74) is 5.87. The van der Waals surface area contributed by atoms with Crippen LogP contribution in [0, 0.1) is 13.8 Å². The molecule has 0 aliphatic rings. The molecule has 7 nitrogen and oxygen atoms in total. The number of aryl methyl sites for hydroxylation is 2. The molecule has 4 aromatic rings. The van der Waals surface area contributed by atoms with Gasteiger partial charge in [-0.25, -0.2) is 0 Å². The summed E-state index contributed by atoms with van der Waals surface area (Å²) in [5, 5.41) is 4.96. The number of hydrogen-bond acceptors (Lipinski definition) is 5. The smallest absolute Gasteiger partial charge is 0.253 e. The van der Waals surface area contributed by atoms with Gasteiger partial charge in [-0.15, -0.1) is 0 Å². The highest BCUT2D eigenvalue weighted by Gasteiger charge is 2.15. The lowest BCUT2D eigenvalue weighted by atomic mass is 10.0. The third-order valence-corrected chi connectivity index (χ3v) is 7.26. The molecule has 1 aromatic heterocycles. The number of nitrogens with zero attached hydrogens (tertiary/aromatic N) is 1. The van der Waals surface area contributed by atoms with E-state index in [1.54, 1.807) is 21.3 Å². The molecule has 0 radical (unpaired) electrons. The average Bonchev–Trinajstić information content (AvgIpc) is 2.94. The number of H-pyrrole nitrogens is 1. The van der Waals surface area contributed by atoms with Crippen molar-refractivity contribution in [3.8, 4) is 17.2 Å². The molecular weight excluding hydrogens is 510 g/mol. The summed E-state index contributed by atoms with van der Waals surface area (Å²) in [5.74, 6) is 2.18. The third-order valence-electron chi connectivity index (χ3n) is 6.85. The van der Waals surface area contributed by atoms with Crippen LogP contribution in [0.2, 0.25) is 0 Å². The summed E-state index contributed by atoms with van der Waals surface area (Å²) in [6.07, 6.45) is 0.742. The highest BCUT2D eigenvalue weighted by atomic mass is 32.1. The molecule has 0 bridgehead atoms. The van der Waals surface area contributed by atoms with Gasteiger partial charge < -0.3 is 29.4 Å². The molecule has 0 saturated heterocycles. The molecule has 0 saturated carbocycles. The second-order valence-corrected chi connectivity index (χ2v) is 9.91. The van der Waals surface area contributed by atoms with Gasteiger partial charge in [0, 0.05) is 24.2 Å². The van der Waals surface area contributed by atoms with Gasteiger partial charge in [-0.2, -0.15) is 0 Å². The summed E-state index contributed by atoms with van der Waals surface area (Å²) in [6, 6.07) is 19.8. The molecule has 0 fully saturated rings. The number of benzene rings is 3. The standard InChI is InChI=1S/C31H35N3O4S/c1-20-14-24-17-25(30(35)33-27(24)15-21(20)2)19-34(18-23-6-9-26(36-3)10-7-23)31(39)32-13-12-22-8-11-28(37-4)29(16-22)38-5/h6-11,14-17H,12-13,18-19H2,1-5H3,(H,32,39)(H,33,35). The van der Waals surface area contributed by atoms with E-state index in [2.05, 4.69) is 23.3 Å². The highest BCUT2D eigenvalue weighted by Crippen LogP contribution is 2.27. The quantitative estimate of drug-likeness (QED) is 0.262. The molecule has 204 valence electrons. The van der Waals surface area contributed by atoms with Crippen molar-refractivity contribution < 1.29 is 14.2 Å². The zero-order chi connectivity index (χ0) is 27.9. The Bertz CT molecular complexity index is 1520. The first-order valence-electron chi connectivity index (χ1n) is 12.8. The minimum Gasteiger partial charge on any atom is -0.497 e. The van der Waals surface area contributed by atoms with Crippen LogP contribution in [0.3, 0.4) is 0 Å². The zero-order valence-electron chi connectivity index (χ0n) is 23.1. The van der Waals surface area contributed by atoms with Gasteiger partial charge in [0.25, 0.3) is 5.56 Å². The van der Waals surface area contributed by atoms with Crippen LogP contribution >= 0.6 is 12.2 Å². The van der Waals surface area contributed by atoms with E-state index < -0.39 is 0 Å². The van der Waals surface area contributed by atoms with E-state index in [4.69, 9.17) is 26.4 Å². The molecule has 0 aliphatic carbocycles. The number of rotatable bonds is 10. The van der Waals surface area contributed by atoms with Crippen molar-refractivity contribution in [2.24, 2.45) is 0 Å². The van der Waals surface area contributed by atoms with Crippen LogP contribution in [0.4, 0.5) is 0 Å². The Morgan fingerprint density at radius 2 is 1.54 bits per heavy atom. The minimum atomic E-state index is -0.112. The van der Waals surface area contributed by atoms with Crippen LogP contribution in [0.5, 0.6) is 17.2 Å². The molecule has 0 amide bonds. The maximum Gasteiger partial charge on any atom is 0.253 e. The number of fused-ring (bicyclic) bond motifs is 1. The van der Waals surface area contributed by atoms with Crippen LogP contribution in [-0.2, 0) is 19.5 Å². The number of hydrogen-bond donors (Lipinski definition) is 2. The molecule has 0 unspecified atom stereocenters. The first-order valence-corrected chi connectivity index (χ1v) is 13.2. The third kappa shape index (κ3) is 6.89. The van der Waals surface area contributed by atoms with Gasteiger partial charge in [0.1, 0.15) is 5.75 Å². The molecule has 8 heteroatoms. The van der Waals surface area contributed by atoms with Crippen LogP contribution in [0.1, 0.15) is 27.8 Å². The number of ether oxygens (including phenoxy) is 3. The van der Waals surface area contributed by atoms with E-state index >= 15 is 0 Å². The summed E-state index contributed by atoms with van der Waals surface area (Å²) >= 11 is 5.84. The van der Waals surface area contributed by atoms with Crippen molar-refractivity contribution in [3.63, 3.8) is 0 Å². The van der Waals surface area contributed by atoms with Crippen LogP contribution in [0.25, 0.3) is 10.9 Å². The fourth-order valence-corrected chi connectivity index (χ4v) is 4.69. The van der Waals surface area contributed by atoms with E-state index in [1.165, 1.54) is 5.56 Å². The Labute approximate surface area is 234 Å². The maximum absolute atomic E-state index is 13.1. The van der Waals surface area contributed by atoms with Crippen molar-refractivity contribution in [3.05, 3.63) is 98.8 Å². The molecule has 0 spiro atoms. The summed E-state index contributed by atoms with van der Waals surface area (Å²) < 4.78 is 16.1. The number of aromatic nitrogens is 1. The lowest BCUT2D eigenvalue weighted by Crippen LogP contribution is -2.40. The van der Waals surface area contributed by atoms with Gasteiger partial charge in [0.2, 0.25) is 0 Å². The lowest BCUT2D eigenvalue weighted by Gasteiger charge is -2.26. The van der Waals surface area contributed by atoms with Crippen molar-refractivity contribution in [2.45, 2.75) is 33.4 Å². The van der Waals surface area contributed by atoms with E-state index in [1.807, 2.05) is 66.4 Å². The number of thiocarbonyl (C=S) groups is 1. The Morgan fingerprint density at radius 1 is 0.846 bits per heavy atom. The zero-order valence-corrected chi connectivity index (χ0v) is 23.9. The molecular formula is C31H35N3O4S. The first kappa shape index (κ1) is 28.0. The molecule has 3 aromatic carbocycles. The molecule has 0 atom stereocenters. The minimum absolute atomic E-state index is 0.112. The molecule has 2 N–H and O–H groups in total. The van der Waals surface area contributed by atoms with Gasteiger partial charge in [0.15, 0.2) is 16.6 Å². The molecule has 1 heterocycles. The fraction of sp³-hybridized carbons (Fsp3) is 0.290. The summed E-state index contributed by atoms with van der Waals surface area (Å²) in [6.45, 7) is 5.65. The normalized spacial score (nSPS) is 10.8. The predicted octanol–water partition coefficient (Wildman–Crippen LogP) is 5.29. The average molecular weight is 546 g/mol. The van der Waals surface area contributed by atoms with Crippen molar-refractivity contribution in [1.82, 2.24) is 15.2 Å². The maximum atomic E-state index is 13.1. The Balaban J connectivity index is 1.54. The second kappa shape index (κ2) is 12.7. The summed E-state index contributed by atoms with van der Waals surface area (Å²) in [4.78, 5) is 18.1. The van der Waals surface area contributed by atoms with Crippen LogP contribution in [-0.4, -0.2) is 42.9 Å². The van der Waals surface area contributed by atoms with Gasteiger partial charge in [-0.05, 0) is 103 Å². The molecule has 4 rings (SSSR count). The highest BCUT2D eigenvalue weighted by molar-refractivity contribution is 7.80. The first-order chi connectivity index (χ1) is 18.8. The van der Waals surface area contributed by atoms with Crippen LogP contribution < -0.4 is 25.1 Å². The van der Waals surface area contributed by atoms with Gasteiger partial charge in [0.05, 0.1) is 27.9 Å². The van der Waals surface area contributed by atoms with E-state index in [-0.39, 0.29) is 5.56 Å². The van der Waals surface area contributed by atoms with Crippen molar-refractivity contribution in [1.29, 1.82) is 0 Å². The SMILES string of the molecule is COc1ccc(CN(Cc2cc3cc(C)c(C)cc3[nH]c2=O)C(=S)NCCc2ccc(OC)c(OC)c2)cc1. The summed E-state index contributed by atoms with van der Waals surface area (Å²) in [7, 11) is 4.90. The van der Waals surface area contributed by atoms with Gasteiger partial charge >= 0.3 is 0 Å². The Morgan fingerprint density at radius 3 is 2.23 bits per heavy atom. The number of pyridine rings is 1. The fourth-order valence-electron chi connectivity index (χ4n) is 4.46. The van der Waals surface area contributed by atoms with E-state index in [9.17, 15) is 4.79 Å². The topological polar surface area (TPSA) is 75.8 Å². The number of aromatic amines is 1. The number of nitrogens with one attached hydrogen (secondary N) is 2. The Hall–Kier alpha value is -4.04. The lowest BCUT2D eigenvalue weighted by molar-refractivity contribution is 0.354. The second-order valence-electron chi connectivity index (χ2n) is 9.52. The van der Waals surface area contributed by atoms with Crippen molar-refractivity contribution >= 4 is 28.2 Å². The monoisotopic (exact) mass is 545 g/mol. The largest absolute Gasteiger partial charge is 0.497 e. The van der Waals surface area contributed by atoms with Gasteiger partial charge in [-0.1, -0.05) is 18.2 Å². The van der Waals surface area contributed by atoms with Crippen LogP contribution in [0.15, 0.2) is 65.5 Å². The van der Waals surface area contributed by atoms with E-state index in [0.29, 0.717) is 41.8 Å². The Kier molecular flexibility index (Phi) is 9.09. The van der Waals surface area contributed by atoms with Gasteiger partial charge in [-0.3, -0.25) is 4.79 Å². The molecule has 0 aliphatic heterocycles. The molecule has 39 heavy (non-hydrogen) atoms. The van der Waals surface area contributed by atoms with E-state index in [0.717, 1.165) is 39.8 Å². The van der Waals surface area contributed by atoms with Crippen molar-refractivity contribution in [2.75, 3.05) is 27.9 Å². The predicted molar refractivity (Wildman–Crippen MR) is 160 cm³/mol. The number of methoxy groups -OCH3 is 3.